The molecular weight excluding hydrogens is 248 g/mol. The third kappa shape index (κ3) is 3.73. The van der Waals surface area contributed by atoms with Crippen molar-refractivity contribution in [1.82, 2.24) is 4.98 Å². The number of nitrogens with zero attached hydrogens (tertiary/aromatic N) is 1. The number of aromatic nitrogens is 1. The van der Waals surface area contributed by atoms with Crippen molar-refractivity contribution >= 4 is 26.5 Å². The van der Waals surface area contributed by atoms with Crippen LogP contribution in [0, 0.1) is 0 Å². The van der Waals surface area contributed by atoms with Crippen molar-refractivity contribution in [1.29, 1.82) is 0 Å². The Hall–Kier alpha value is -0.660. The zero-order valence-electron chi connectivity index (χ0n) is 9.52. The molecule has 0 aliphatic heterocycles. The van der Waals surface area contributed by atoms with Gasteiger partial charge in [-0.05, 0) is 0 Å². The van der Waals surface area contributed by atoms with Crippen LogP contribution in [0.3, 0.4) is 0 Å². The second kappa shape index (κ2) is 4.68. The smallest absolute Gasteiger partial charge is 0.236 e. The van der Waals surface area contributed by atoms with Crippen molar-refractivity contribution in [3.05, 3.63) is 11.1 Å². The van der Waals surface area contributed by atoms with Gasteiger partial charge in [0.1, 0.15) is 0 Å². The molecule has 1 aromatic heterocycles. The van der Waals surface area contributed by atoms with Gasteiger partial charge in [-0.2, -0.15) is 0 Å². The molecule has 0 radical (unpaired) electrons. The van der Waals surface area contributed by atoms with Crippen molar-refractivity contribution in [2.45, 2.75) is 26.2 Å². The Morgan fingerprint density at radius 2 is 2.12 bits per heavy atom. The number of hydrogen-bond donors (Lipinski definition) is 2. The monoisotopic (exact) mass is 264 g/mol. The zero-order valence-corrected chi connectivity index (χ0v) is 11.2. The highest BCUT2D eigenvalue weighted by Crippen LogP contribution is 2.26. The van der Waals surface area contributed by atoms with Gasteiger partial charge < -0.3 is 5.11 Å². The minimum absolute atomic E-state index is 0.100. The summed E-state index contributed by atoms with van der Waals surface area (Å²) in [6, 6.07) is 0. The average molecular weight is 264 g/mol. The Morgan fingerprint density at radius 1 is 1.50 bits per heavy atom. The highest BCUT2D eigenvalue weighted by Gasteiger charge is 2.19. The van der Waals surface area contributed by atoms with E-state index in [4.69, 9.17) is 5.11 Å². The third-order valence-electron chi connectivity index (χ3n) is 1.88. The fourth-order valence-corrected chi connectivity index (χ4v) is 2.98. The minimum atomic E-state index is -3.47. The molecule has 0 atom stereocenters. The van der Waals surface area contributed by atoms with Gasteiger partial charge in [0.05, 0.1) is 18.1 Å². The number of rotatable bonds is 4. The van der Waals surface area contributed by atoms with Crippen LogP contribution in [-0.4, -0.2) is 30.9 Å². The van der Waals surface area contributed by atoms with Crippen LogP contribution in [0.15, 0.2) is 5.38 Å². The van der Waals surface area contributed by atoms with Gasteiger partial charge in [-0.25, -0.2) is 13.4 Å². The second-order valence-corrected chi connectivity index (χ2v) is 7.13. The van der Waals surface area contributed by atoms with Gasteiger partial charge in [0, 0.05) is 10.8 Å². The third-order valence-corrected chi connectivity index (χ3v) is 3.99. The Balaban J connectivity index is 2.81. The maximum absolute atomic E-state index is 11.4. The Kier molecular flexibility index (Phi) is 3.92. The fourth-order valence-electron chi connectivity index (χ4n) is 0.969. The molecule has 0 aliphatic carbocycles. The predicted octanol–water partition coefficient (Wildman–Crippen LogP) is 1.17. The summed E-state index contributed by atoms with van der Waals surface area (Å²) in [6.07, 6.45) is 0. The molecule has 0 fully saturated rings. The molecule has 7 heteroatoms. The molecule has 0 spiro atoms. The summed E-state index contributed by atoms with van der Waals surface area (Å²) in [7, 11) is -3.47. The molecular formula is C9H16N2O3S2. The largest absolute Gasteiger partial charge is 0.395 e. The van der Waals surface area contributed by atoms with E-state index >= 15 is 0 Å². The first-order valence-corrected chi connectivity index (χ1v) is 7.35. The Labute approximate surface area is 99.6 Å². The van der Waals surface area contributed by atoms with Gasteiger partial charge >= 0.3 is 0 Å². The maximum atomic E-state index is 11.4. The molecule has 16 heavy (non-hydrogen) atoms. The van der Waals surface area contributed by atoms with Crippen LogP contribution in [0.1, 0.15) is 26.5 Å². The standard InChI is InChI=1S/C9H16N2O3S2/c1-9(2,3)7-6-15-8(10-7)11-16(13,14)5-4-12/h6,12H,4-5H2,1-3H3,(H,10,11). The van der Waals surface area contributed by atoms with Gasteiger partial charge in [-0.1, -0.05) is 20.8 Å². The predicted molar refractivity (Wildman–Crippen MR) is 65.3 cm³/mol. The number of aliphatic hydroxyl groups excluding tert-OH is 1. The van der Waals surface area contributed by atoms with Crippen molar-refractivity contribution < 1.29 is 13.5 Å². The van der Waals surface area contributed by atoms with Gasteiger partial charge in [-0.3, -0.25) is 4.72 Å². The van der Waals surface area contributed by atoms with Gasteiger partial charge in [0.2, 0.25) is 10.0 Å². The lowest BCUT2D eigenvalue weighted by atomic mass is 9.93. The van der Waals surface area contributed by atoms with E-state index in [9.17, 15) is 8.42 Å². The van der Waals surface area contributed by atoms with Gasteiger partial charge in [-0.15, -0.1) is 11.3 Å². The number of thiazole rings is 1. The summed E-state index contributed by atoms with van der Waals surface area (Å²) < 4.78 is 25.0. The molecule has 0 bridgehead atoms. The highest BCUT2D eigenvalue weighted by atomic mass is 32.2. The Morgan fingerprint density at radius 3 is 2.56 bits per heavy atom. The van der Waals surface area contributed by atoms with Crippen LogP contribution in [-0.2, 0) is 15.4 Å². The van der Waals surface area contributed by atoms with Crippen LogP contribution in [0.2, 0.25) is 0 Å². The highest BCUT2D eigenvalue weighted by molar-refractivity contribution is 7.92. The average Bonchev–Trinajstić information content (AvgIpc) is 2.50. The van der Waals surface area contributed by atoms with E-state index in [0.29, 0.717) is 5.13 Å². The van der Waals surface area contributed by atoms with Crippen molar-refractivity contribution in [2.75, 3.05) is 17.1 Å². The summed E-state index contributed by atoms with van der Waals surface area (Å²) in [5.41, 5.74) is 0.746. The topological polar surface area (TPSA) is 79.3 Å². The first-order chi connectivity index (χ1) is 7.24. The number of aliphatic hydroxyl groups is 1. The summed E-state index contributed by atoms with van der Waals surface area (Å²) >= 11 is 1.25. The summed E-state index contributed by atoms with van der Waals surface area (Å²) in [5.74, 6) is -0.308. The molecule has 1 heterocycles. The molecule has 0 aliphatic rings. The van der Waals surface area contributed by atoms with Crippen LogP contribution >= 0.6 is 11.3 Å². The molecule has 1 aromatic rings. The number of nitrogens with one attached hydrogen (secondary N) is 1. The van der Waals surface area contributed by atoms with Crippen molar-refractivity contribution in [3.63, 3.8) is 0 Å². The summed E-state index contributed by atoms with van der Waals surface area (Å²) in [6.45, 7) is 5.63. The van der Waals surface area contributed by atoms with Crippen LogP contribution in [0.25, 0.3) is 0 Å². The van der Waals surface area contributed by atoms with E-state index < -0.39 is 16.6 Å². The van der Waals surface area contributed by atoms with E-state index in [1.807, 2.05) is 26.2 Å². The van der Waals surface area contributed by atoms with Crippen LogP contribution in [0.4, 0.5) is 5.13 Å². The van der Waals surface area contributed by atoms with Crippen molar-refractivity contribution in [2.24, 2.45) is 0 Å². The molecule has 0 saturated heterocycles. The van der Waals surface area contributed by atoms with E-state index in [2.05, 4.69) is 9.71 Å². The number of sulfonamides is 1. The molecule has 0 aromatic carbocycles. The fraction of sp³-hybridized carbons (Fsp3) is 0.667. The van der Waals surface area contributed by atoms with E-state index in [-0.39, 0.29) is 11.2 Å². The second-order valence-electron chi connectivity index (χ2n) is 4.43. The van der Waals surface area contributed by atoms with Crippen LogP contribution in [0.5, 0.6) is 0 Å². The summed E-state index contributed by atoms with van der Waals surface area (Å²) in [4.78, 5) is 4.20. The lowest BCUT2D eigenvalue weighted by Gasteiger charge is -2.14. The quantitative estimate of drug-likeness (QED) is 0.855. The van der Waals surface area contributed by atoms with E-state index in [1.54, 1.807) is 0 Å². The lowest BCUT2D eigenvalue weighted by Crippen LogP contribution is -2.19. The number of hydrogen-bond acceptors (Lipinski definition) is 5. The van der Waals surface area contributed by atoms with Gasteiger partial charge in [0.15, 0.2) is 5.13 Å². The molecule has 0 amide bonds. The van der Waals surface area contributed by atoms with Crippen LogP contribution < -0.4 is 4.72 Å². The van der Waals surface area contributed by atoms with Gasteiger partial charge in [0.25, 0.3) is 0 Å². The lowest BCUT2D eigenvalue weighted by molar-refractivity contribution is 0.320. The first kappa shape index (κ1) is 13.4. The zero-order chi connectivity index (χ0) is 12.4. The summed E-state index contributed by atoms with van der Waals surface area (Å²) in [5, 5.41) is 10.8. The Bertz CT molecular complexity index is 446. The minimum Gasteiger partial charge on any atom is -0.395 e. The van der Waals surface area contributed by atoms with Crippen molar-refractivity contribution in [3.8, 4) is 0 Å². The molecule has 92 valence electrons. The first-order valence-electron chi connectivity index (χ1n) is 4.82. The molecule has 1 rings (SSSR count). The normalized spacial score (nSPS) is 12.8. The van der Waals surface area contributed by atoms with E-state index in [1.165, 1.54) is 11.3 Å². The molecule has 0 saturated carbocycles. The van der Waals surface area contributed by atoms with E-state index in [0.717, 1.165) is 5.69 Å². The maximum Gasteiger partial charge on any atom is 0.236 e. The SMILES string of the molecule is CC(C)(C)c1csc(NS(=O)(=O)CCO)n1. The number of anilines is 1. The molecule has 5 nitrogen and oxygen atoms in total. The molecule has 0 unspecified atom stereocenters. The molecule has 2 N–H and O–H groups in total.